The predicted octanol–water partition coefficient (Wildman–Crippen LogP) is 2.39. The lowest BCUT2D eigenvalue weighted by Gasteiger charge is -2.07. The molecule has 1 aliphatic rings. The summed E-state index contributed by atoms with van der Waals surface area (Å²) < 4.78 is 12.9. The molecule has 0 unspecified atom stereocenters. The van der Waals surface area contributed by atoms with Gasteiger partial charge in [-0.05, 0) is 30.7 Å². The van der Waals surface area contributed by atoms with Gasteiger partial charge in [-0.2, -0.15) is 0 Å². The first-order valence-electron chi connectivity index (χ1n) is 6.04. The lowest BCUT2D eigenvalue weighted by Crippen LogP contribution is -2.05. The van der Waals surface area contributed by atoms with E-state index < -0.39 is 0 Å². The number of methoxy groups -OCH3 is 1. The van der Waals surface area contributed by atoms with Gasteiger partial charge in [-0.1, -0.05) is 0 Å². The fraction of sp³-hybridized carbons (Fsp3) is 0.385. The molecule has 19 heavy (non-hydrogen) atoms. The molecule has 0 spiro atoms. The van der Waals surface area contributed by atoms with Crippen LogP contribution in [0.15, 0.2) is 24.3 Å². The molecule has 3 rings (SSSR count). The summed E-state index contributed by atoms with van der Waals surface area (Å²) in [5, 5.41) is 8.30. The van der Waals surface area contributed by atoms with Crippen molar-refractivity contribution < 1.29 is 9.47 Å². The Morgan fingerprint density at radius 1 is 1.16 bits per heavy atom. The number of hydrogen-bond donors (Lipinski definition) is 0. The monoisotopic (exact) mass is 325 g/mol. The van der Waals surface area contributed by atoms with Crippen molar-refractivity contribution in [2.45, 2.75) is 26.0 Å². The molecule has 0 radical (unpaired) electrons. The minimum absolute atomic E-state index is 0. The van der Waals surface area contributed by atoms with Crippen molar-refractivity contribution in [1.29, 1.82) is 0 Å². The maximum atomic E-state index is 5.70. The van der Waals surface area contributed by atoms with Gasteiger partial charge in [0.1, 0.15) is 23.9 Å². The van der Waals surface area contributed by atoms with E-state index in [4.69, 9.17) is 9.47 Å². The zero-order chi connectivity index (χ0) is 12.4. The topological polar surface area (TPSA) is 49.2 Å². The molecule has 1 aromatic carbocycles. The standard InChI is InChI=1S/C13H15N3O2.BrH/c1-17-10-4-6-11(7-5-10)18-9-13-15-14-12-3-2-8-16(12)13;/h4-7H,2-3,8-9H2,1H3;1H. The maximum Gasteiger partial charge on any atom is 0.171 e. The van der Waals surface area contributed by atoms with E-state index in [2.05, 4.69) is 14.8 Å². The number of rotatable bonds is 4. The van der Waals surface area contributed by atoms with Crippen LogP contribution in [0.3, 0.4) is 0 Å². The first kappa shape index (κ1) is 13.9. The Morgan fingerprint density at radius 2 is 1.89 bits per heavy atom. The van der Waals surface area contributed by atoms with E-state index in [-0.39, 0.29) is 17.0 Å². The quantitative estimate of drug-likeness (QED) is 0.866. The predicted molar refractivity (Wildman–Crippen MR) is 76.0 cm³/mol. The van der Waals surface area contributed by atoms with Crippen molar-refractivity contribution >= 4 is 17.0 Å². The number of halogens is 1. The van der Waals surface area contributed by atoms with Gasteiger partial charge in [0, 0.05) is 13.0 Å². The second kappa shape index (κ2) is 6.06. The molecule has 5 nitrogen and oxygen atoms in total. The fourth-order valence-electron chi connectivity index (χ4n) is 2.14. The zero-order valence-electron chi connectivity index (χ0n) is 10.7. The summed E-state index contributed by atoms with van der Waals surface area (Å²) in [4.78, 5) is 0. The molecule has 6 heteroatoms. The van der Waals surface area contributed by atoms with Gasteiger partial charge in [0.15, 0.2) is 5.82 Å². The second-order valence-electron chi connectivity index (χ2n) is 4.25. The Balaban J connectivity index is 0.00000133. The van der Waals surface area contributed by atoms with Crippen LogP contribution in [-0.4, -0.2) is 21.9 Å². The number of aryl methyl sites for hydroxylation is 1. The van der Waals surface area contributed by atoms with Crippen molar-refractivity contribution in [1.82, 2.24) is 14.8 Å². The molecule has 2 heterocycles. The molecule has 0 amide bonds. The highest BCUT2D eigenvalue weighted by Crippen LogP contribution is 2.19. The van der Waals surface area contributed by atoms with E-state index in [0.29, 0.717) is 6.61 Å². The molecule has 1 aliphatic heterocycles. The summed E-state index contributed by atoms with van der Waals surface area (Å²) in [6, 6.07) is 7.54. The van der Waals surface area contributed by atoms with E-state index in [1.165, 1.54) is 0 Å². The molecule has 1 aromatic heterocycles. The van der Waals surface area contributed by atoms with Gasteiger partial charge < -0.3 is 14.0 Å². The number of aromatic nitrogens is 3. The van der Waals surface area contributed by atoms with E-state index in [1.54, 1.807) is 7.11 Å². The van der Waals surface area contributed by atoms with Crippen LogP contribution in [0.5, 0.6) is 11.5 Å². The molecule has 0 fully saturated rings. The average Bonchev–Trinajstić information content (AvgIpc) is 3.00. The molecule has 0 N–H and O–H groups in total. The summed E-state index contributed by atoms with van der Waals surface area (Å²) in [5.41, 5.74) is 0. The molecule has 0 bridgehead atoms. The van der Waals surface area contributed by atoms with Crippen LogP contribution in [-0.2, 0) is 19.6 Å². The normalized spacial score (nSPS) is 12.7. The minimum atomic E-state index is 0. The smallest absolute Gasteiger partial charge is 0.171 e. The van der Waals surface area contributed by atoms with E-state index in [1.807, 2.05) is 24.3 Å². The van der Waals surface area contributed by atoms with Gasteiger partial charge in [-0.3, -0.25) is 0 Å². The molecule has 2 aromatic rings. The van der Waals surface area contributed by atoms with Gasteiger partial charge in [0.25, 0.3) is 0 Å². The summed E-state index contributed by atoms with van der Waals surface area (Å²) >= 11 is 0. The number of hydrogen-bond acceptors (Lipinski definition) is 4. The molecule has 0 saturated carbocycles. The summed E-state index contributed by atoms with van der Waals surface area (Å²) in [7, 11) is 1.65. The first-order valence-corrected chi connectivity index (χ1v) is 6.04. The van der Waals surface area contributed by atoms with Crippen LogP contribution >= 0.6 is 17.0 Å². The summed E-state index contributed by atoms with van der Waals surface area (Å²) in [5.74, 6) is 3.61. The molecule has 0 aliphatic carbocycles. The third-order valence-electron chi connectivity index (χ3n) is 3.11. The minimum Gasteiger partial charge on any atom is -0.497 e. The highest BCUT2D eigenvalue weighted by molar-refractivity contribution is 8.93. The number of ether oxygens (including phenoxy) is 2. The average molecular weight is 326 g/mol. The van der Waals surface area contributed by atoms with Crippen LogP contribution in [0.2, 0.25) is 0 Å². The number of fused-ring (bicyclic) bond motifs is 1. The Labute approximate surface area is 122 Å². The van der Waals surface area contributed by atoms with Crippen molar-refractivity contribution in [3.05, 3.63) is 35.9 Å². The van der Waals surface area contributed by atoms with Crippen LogP contribution in [0.4, 0.5) is 0 Å². The van der Waals surface area contributed by atoms with E-state index in [0.717, 1.165) is 42.5 Å². The Bertz CT molecular complexity index is 539. The molecule has 0 saturated heterocycles. The highest BCUT2D eigenvalue weighted by atomic mass is 79.9. The number of nitrogens with zero attached hydrogens (tertiary/aromatic N) is 3. The Morgan fingerprint density at radius 3 is 2.63 bits per heavy atom. The molecule has 102 valence electrons. The van der Waals surface area contributed by atoms with Crippen molar-refractivity contribution in [3.63, 3.8) is 0 Å². The highest BCUT2D eigenvalue weighted by Gasteiger charge is 2.17. The van der Waals surface area contributed by atoms with Gasteiger partial charge >= 0.3 is 0 Å². The lowest BCUT2D eigenvalue weighted by atomic mass is 10.3. The van der Waals surface area contributed by atoms with Crippen LogP contribution < -0.4 is 9.47 Å². The van der Waals surface area contributed by atoms with Crippen LogP contribution in [0.1, 0.15) is 18.1 Å². The summed E-state index contributed by atoms with van der Waals surface area (Å²) in [6.45, 7) is 1.46. The molecular weight excluding hydrogens is 310 g/mol. The third-order valence-corrected chi connectivity index (χ3v) is 3.11. The largest absolute Gasteiger partial charge is 0.497 e. The Hall–Kier alpha value is -1.56. The first-order chi connectivity index (χ1) is 8.86. The van der Waals surface area contributed by atoms with E-state index >= 15 is 0 Å². The van der Waals surface area contributed by atoms with Crippen molar-refractivity contribution in [2.24, 2.45) is 0 Å². The van der Waals surface area contributed by atoms with E-state index in [9.17, 15) is 0 Å². The number of benzene rings is 1. The van der Waals surface area contributed by atoms with Gasteiger partial charge in [0.2, 0.25) is 0 Å². The van der Waals surface area contributed by atoms with Crippen LogP contribution in [0.25, 0.3) is 0 Å². The maximum absolute atomic E-state index is 5.70. The van der Waals surface area contributed by atoms with Gasteiger partial charge in [0.05, 0.1) is 7.11 Å². The van der Waals surface area contributed by atoms with Crippen molar-refractivity contribution in [3.8, 4) is 11.5 Å². The second-order valence-corrected chi connectivity index (χ2v) is 4.25. The van der Waals surface area contributed by atoms with Crippen LogP contribution in [0, 0.1) is 0 Å². The summed E-state index contributed by atoms with van der Waals surface area (Å²) in [6.07, 6.45) is 2.18. The fourth-order valence-corrected chi connectivity index (χ4v) is 2.14. The van der Waals surface area contributed by atoms with Gasteiger partial charge in [-0.25, -0.2) is 0 Å². The van der Waals surface area contributed by atoms with Gasteiger partial charge in [-0.15, -0.1) is 27.2 Å². The molecule has 0 atom stereocenters. The SMILES string of the molecule is Br.COc1ccc(OCc2nnc3n2CCC3)cc1. The zero-order valence-corrected chi connectivity index (χ0v) is 12.4. The Kier molecular flexibility index (Phi) is 4.42. The third kappa shape index (κ3) is 2.89. The van der Waals surface area contributed by atoms with Crippen molar-refractivity contribution in [2.75, 3.05) is 7.11 Å². The lowest BCUT2D eigenvalue weighted by molar-refractivity contribution is 0.289. The molecular formula is C13H16BrN3O2.